The molecule has 5 rings (SSSR count). The first-order valence-electron chi connectivity index (χ1n) is 12.0. The van der Waals surface area contributed by atoms with Gasteiger partial charge >= 0.3 is 5.97 Å². The number of rotatable bonds is 6. The maximum absolute atomic E-state index is 13.0. The number of carbonyl (C=O) groups excluding carboxylic acids is 4. The molecule has 4 aromatic rings. The first-order chi connectivity index (χ1) is 18.1. The number of phenolic OH excluding ortho intramolecular Hbond substituents is 1. The Bertz CT molecular complexity index is 1700. The third-order valence-electron chi connectivity index (χ3n) is 6.16. The normalized spacial score (nSPS) is 13.1. The number of allylic oxidation sites excluding steroid dienone is 2. The van der Waals surface area contributed by atoms with Gasteiger partial charge in [0.05, 0.1) is 29.1 Å². The number of hydrogen-bond donors (Lipinski definition) is 3. The minimum atomic E-state index is -0.622. The molecule has 10 heteroatoms. The number of pyridine rings is 2. The van der Waals surface area contributed by atoms with Crippen molar-refractivity contribution in [1.82, 2.24) is 20.3 Å². The Morgan fingerprint density at radius 3 is 2.58 bits per heavy atom. The van der Waals surface area contributed by atoms with Crippen LogP contribution in [0.25, 0.3) is 33.2 Å². The number of benzene rings is 1. The molecule has 0 atom stereocenters. The van der Waals surface area contributed by atoms with E-state index in [2.05, 4.69) is 20.3 Å². The Morgan fingerprint density at radius 1 is 1.05 bits per heavy atom. The average Bonchev–Trinajstić information content (AvgIpc) is 3.23. The van der Waals surface area contributed by atoms with Crippen LogP contribution in [0.5, 0.6) is 5.75 Å². The van der Waals surface area contributed by atoms with E-state index < -0.39 is 23.4 Å². The number of hydrogen-bond acceptors (Lipinski definition) is 8. The van der Waals surface area contributed by atoms with Crippen molar-refractivity contribution in [2.24, 2.45) is 5.92 Å². The van der Waals surface area contributed by atoms with E-state index in [-0.39, 0.29) is 46.4 Å². The molecule has 1 aromatic carbocycles. The number of H-pyrrole nitrogens is 1. The number of phenols is 1. The van der Waals surface area contributed by atoms with E-state index in [1.165, 1.54) is 19.1 Å². The number of aromatic nitrogens is 3. The van der Waals surface area contributed by atoms with Gasteiger partial charge in [0.1, 0.15) is 22.8 Å². The van der Waals surface area contributed by atoms with Gasteiger partial charge in [-0.05, 0) is 48.7 Å². The lowest BCUT2D eigenvalue weighted by molar-refractivity contribution is -0.118. The van der Waals surface area contributed by atoms with Gasteiger partial charge < -0.3 is 20.1 Å². The van der Waals surface area contributed by atoms with Crippen molar-refractivity contribution in [2.75, 3.05) is 6.61 Å². The van der Waals surface area contributed by atoms with Crippen molar-refractivity contribution in [3.63, 3.8) is 0 Å². The number of aromatic hydroxyl groups is 1. The van der Waals surface area contributed by atoms with Crippen LogP contribution in [0.15, 0.2) is 48.2 Å². The number of fused-ring (bicyclic) bond motifs is 4. The van der Waals surface area contributed by atoms with Crippen molar-refractivity contribution in [3.8, 4) is 17.1 Å². The van der Waals surface area contributed by atoms with Crippen LogP contribution in [-0.2, 0) is 9.53 Å². The van der Waals surface area contributed by atoms with Gasteiger partial charge in [-0.3, -0.25) is 14.4 Å². The van der Waals surface area contributed by atoms with Gasteiger partial charge in [0.2, 0.25) is 11.7 Å². The minimum absolute atomic E-state index is 0.0289. The second-order valence-electron chi connectivity index (χ2n) is 9.48. The summed E-state index contributed by atoms with van der Waals surface area (Å²) in [5.74, 6) is -1.80. The predicted octanol–water partition coefficient (Wildman–Crippen LogP) is 4.09. The van der Waals surface area contributed by atoms with Gasteiger partial charge in [0.15, 0.2) is 5.78 Å². The molecule has 192 valence electrons. The monoisotopic (exact) mass is 512 g/mol. The van der Waals surface area contributed by atoms with Crippen LogP contribution in [0.1, 0.15) is 58.5 Å². The number of aromatic amines is 1. The van der Waals surface area contributed by atoms with E-state index in [0.29, 0.717) is 34.1 Å². The Morgan fingerprint density at radius 2 is 1.84 bits per heavy atom. The van der Waals surface area contributed by atoms with Crippen LogP contribution < -0.4 is 5.32 Å². The smallest absolute Gasteiger partial charge is 0.356 e. The summed E-state index contributed by atoms with van der Waals surface area (Å²) in [6.07, 6.45) is 1.76. The highest BCUT2D eigenvalue weighted by atomic mass is 16.5. The lowest BCUT2D eigenvalue weighted by Gasteiger charge is -2.15. The van der Waals surface area contributed by atoms with Gasteiger partial charge in [-0.1, -0.05) is 13.8 Å². The van der Waals surface area contributed by atoms with Crippen molar-refractivity contribution in [3.05, 3.63) is 65.1 Å². The fourth-order valence-corrected chi connectivity index (χ4v) is 4.28. The molecular formula is C28H24N4O6. The molecule has 0 saturated carbocycles. The van der Waals surface area contributed by atoms with E-state index in [1.54, 1.807) is 24.3 Å². The number of ketones is 2. The summed E-state index contributed by atoms with van der Waals surface area (Å²) in [6.45, 7) is 5.51. The molecule has 0 saturated heterocycles. The molecule has 0 fully saturated rings. The lowest BCUT2D eigenvalue weighted by Crippen LogP contribution is -2.30. The number of nitrogens with one attached hydrogen (secondary N) is 2. The third-order valence-corrected chi connectivity index (χ3v) is 6.16. The fraction of sp³-hybridized carbons (Fsp3) is 0.214. The van der Waals surface area contributed by atoms with Crippen LogP contribution in [0.4, 0.5) is 0 Å². The summed E-state index contributed by atoms with van der Waals surface area (Å²) >= 11 is 0. The Balaban J connectivity index is 1.67. The summed E-state index contributed by atoms with van der Waals surface area (Å²) in [5.41, 5.74) is 1.51. The molecule has 3 heterocycles. The van der Waals surface area contributed by atoms with Gasteiger partial charge in [-0.2, -0.15) is 0 Å². The van der Waals surface area contributed by atoms with Crippen molar-refractivity contribution in [2.45, 2.75) is 27.2 Å². The molecule has 3 aromatic heterocycles. The summed E-state index contributed by atoms with van der Waals surface area (Å²) in [5, 5.41) is 13.7. The summed E-state index contributed by atoms with van der Waals surface area (Å²) in [4.78, 5) is 62.3. The Hall–Kier alpha value is -4.86. The maximum Gasteiger partial charge on any atom is 0.356 e. The first-order valence-corrected chi connectivity index (χ1v) is 12.0. The molecule has 1 amide bonds. The largest absolute Gasteiger partial charge is 0.508 e. The van der Waals surface area contributed by atoms with Gasteiger partial charge in [-0.15, -0.1) is 0 Å². The third kappa shape index (κ3) is 4.52. The van der Waals surface area contributed by atoms with Crippen molar-refractivity contribution >= 4 is 45.2 Å². The van der Waals surface area contributed by atoms with Crippen LogP contribution in [0.3, 0.4) is 0 Å². The molecule has 1 aliphatic carbocycles. The molecular weight excluding hydrogens is 488 g/mol. The van der Waals surface area contributed by atoms with E-state index in [4.69, 9.17) is 4.74 Å². The molecule has 0 radical (unpaired) electrons. The number of carbonyl (C=O) groups is 4. The first kappa shape index (κ1) is 24.8. The van der Waals surface area contributed by atoms with Crippen molar-refractivity contribution < 1.29 is 29.0 Å². The molecule has 10 nitrogen and oxygen atoms in total. The molecule has 1 aliphatic rings. The number of ether oxygens (including phenoxy) is 1. The molecule has 0 bridgehead atoms. The number of nitrogens with zero attached hydrogens (tertiary/aromatic N) is 2. The average molecular weight is 513 g/mol. The Kier molecular flexibility index (Phi) is 6.23. The Labute approximate surface area is 216 Å². The number of amides is 1. The van der Waals surface area contributed by atoms with E-state index >= 15 is 0 Å². The molecule has 38 heavy (non-hydrogen) atoms. The standard InChI is InChI=1S/C28H24N4O6/c1-13(2)8-9-38-28(37)22-11-18-17-10-15(34)4-6-19(17)30-24(18)26(32-22)20-7-5-16-23(35)12-21(29-14(3)33)27(36)25(16)31-20/h4-7,10-13,30,34H,8-9H2,1-3H3,(H,29,33). The van der Waals surface area contributed by atoms with Gasteiger partial charge in [0, 0.05) is 29.3 Å². The van der Waals surface area contributed by atoms with Crippen LogP contribution in [0, 0.1) is 5.92 Å². The second-order valence-corrected chi connectivity index (χ2v) is 9.48. The highest BCUT2D eigenvalue weighted by Gasteiger charge is 2.29. The summed E-state index contributed by atoms with van der Waals surface area (Å²) in [7, 11) is 0. The van der Waals surface area contributed by atoms with Crippen LogP contribution >= 0.6 is 0 Å². The highest BCUT2D eigenvalue weighted by molar-refractivity contribution is 6.24. The molecule has 3 N–H and O–H groups in total. The SMILES string of the molecule is CC(=O)NC1=CC(=O)c2ccc(-c3nc(C(=O)OCCC(C)C)cc4c3[nH]c3ccc(O)cc34)nc2C1=O. The number of esters is 1. The van der Waals surface area contributed by atoms with Crippen LogP contribution in [0.2, 0.25) is 0 Å². The quantitative estimate of drug-likeness (QED) is 0.327. The topological polar surface area (TPSA) is 151 Å². The predicted molar refractivity (Wildman–Crippen MR) is 139 cm³/mol. The van der Waals surface area contributed by atoms with E-state index in [9.17, 15) is 24.3 Å². The summed E-state index contributed by atoms with van der Waals surface area (Å²) < 4.78 is 5.44. The molecule has 0 unspecified atom stereocenters. The maximum atomic E-state index is 13.0. The minimum Gasteiger partial charge on any atom is -0.508 e. The lowest BCUT2D eigenvalue weighted by atomic mass is 9.96. The summed E-state index contributed by atoms with van der Waals surface area (Å²) in [6, 6.07) is 9.39. The molecule has 0 aliphatic heterocycles. The fourth-order valence-electron chi connectivity index (χ4n) is 4.28. The highest BCUT2D eigenvalue weighted by Crippen LogP contribution is 2.34. The number of Topliss-reactive ketones (excluding diaryl/α,β-unsaturated/α-hetero) is 1. The van der Waals surface area contributed by atoms with E-state index in [0.717, 1.165) is 6.08 Å². The molecule has 0 spiro atoms. The van der Waals surface area contributed by atoms with E-state index in [1.807, 2.05) is 13.8 Å². The zero-order chi connectivity index (χ0) is 27.1. The van der Waals surface area contributed by atoms with Gasteiger partial charge in [-0.25, -0.2) is 14.8 Å². The zero-order valence-electron chi connectivity index (χ0n) is 20.9. The zero-order valence-corrected chi connectivity index (χ0v) is 20.9. The van der Waals surface area contributed by atoms with Crippen molar-refractivity contribution in [1.29, 1.82) is 0 Å². The van der Waals surface area contributed by atoms with Gasteiger partial charge in [0.25, 0.3) is 0 Å². The second kappa shape index (κ2) is 9.55. The van der Waals surface area contributed by atoms with Crippen LogP contribution in [-0.4, -0.2) is 50.1 Å².